The molecule has 3 aromatic heterocycles. The predicted molar refractivity (Wildman–Crippen MR) is 119 cm³/mol. The third-order valence-corrected chi connectivity index (χ3v) is 5.83. The molecule has 3 heterocycles. The average Bonchev–Trinajstić information content (AvgIpc) is 3.40. The Morgan fingerprint density at radius 1 is 0.931 bits per heavy atom. The van der Waals surface area contributed by atoms with Gasteiger partial charge in [-0.3, -0.25) is 4.98 Å². The lowest BCUT2D eigenvalue weighted by Gasteiger charge is -2.06. The van der Waals surface area contributed by atoms with E-state index < -0.39 is 0 Å². The summed E-state index contributed by atoms with van der Waals surface area (Å²) in [4.78, 5) is 9.63. The fraction of sp³-hybridized carbons (Fsp3) is 0.167. The Labute approximate surface area is 172 Å². The Bertz CT molecular complexity index is 1320. The first-order chi connectivity index (χ1) is 14.3. The first kappa shape index (κ1) is 17.9. The van der Waals surface area contributed by atoms with Crippen molar-refractivity contribution in [1.82, 2.24) is 9.97 Å². The van der Waals surface area contributed by atoms with Crippen molar-refractivity contribution in [3.8, 4) is 27.7 Å². The number of para-hydroxylation sites is 1. The largest absolute Gasteiger partial charge is 0.490 e. The van der Waals surface area contributed by atoms with Crippen LogP contribution >= 0.6 is 11.3 Å². The number of rotatable bonds is 5. The first-order valence-corrected chi connectivity index (χ1v) is 10.7. The van der Waals surface area contributed by atoms with E-state index in [-0.39, 0.29) is 0 Å². The molecule has 29 heavy (non-hydrogen) atoms. The lowest BCUT2D eigenvalue weighted by atomic mass is 10.1. The van der Waals surface area contributed by atoms with Gasteiger partial charge in [0.25, 0.3) is 0 Å². The van der Waals surface area contributed by atoms with Gasteiger partial charge >= 0.3 is 0 Å². The van der Waals surface area contributed by atoms with E-state index in [1.807, 2.05) is 49.4 Å². The standard InChI is InChI=1S/C24H20N2O2S/c1-3-15-8-7-10-18(25-15)19-14-29-24(26-19)17-12-13-21(27-4-2)23-22(17)16-9-5-6-11-20(16)28-23/h5-14H,3-4H2,1-2H3. The smallest absolute Gasteiger partial charge is 0.177 e. The van der Waals surface area contributed by atoms with Crippen LogP contribution in [-0.2, 0) is 6.42 Å². The van der Waals surface area contributed by atoms with Gasteiger partial charge in [-0.2, -0.15) is 0 Å². The lowest BCUT2D eigenvalue weighted by Crippen LogP contribution is -1.92. The number of aryl methyl sites for hydroxylation is 1. The first-order valence-electron chi connectivity index (χ1n) is 9.77. The number of thiazole rings is 1. The highest BCUT2D eigenvalue weighted by Gasteiger charge is 2.19. The highest BCUT2D eigenvalue weighted by molar-refractivity contribution is 7.13. The van der Waals surface area contributed by atoms with E-state index in [1.54, 1.807) is 11.3 Å². The van der Waals surface area contributed by atoms with Crippen LogP contribution in [0.25, 0.3) is 43.9 Å². The number of ether oxygens (including phenoxy) is 1. The van der Waals surface area contributed by atoms with Crippen molar-refractivity contribution in [3.05, 3.63) is 65.7 Å². The van der Waals surface area contributed by atoms with Gasteiger partial charge in [0.15, 0.2) is 11.3 Å². The van der Waals surface area contributed by atoms with Crippen LogP contribution in [0.5, 0.6) is 5.75 Å². The maximum Gasteiger partial charge on any atom is 0.177 e. The van der Waals surface area contributed by atoms with Gasteiger partial charge in [0.05, 0.1) is 12.3 Å². The number of benzene rings is 2. The van der Waals surface area contributed by atoms with Crippen LogP contribution in [-0.4, -0.2) is 16.6 Å². The topological polar surface area (TPSA) is 48.2 Å². The van der Waals surface area contributed by atoms with Crippen LogP contribution in [0.1, 0.15) is 19.5 Å². The second-order valence-corrected chi connectivity index (χ2v) is 7.61. The molecule has 0 atom stereocenters. The molecular weight excluding hydrogens is 380 g/mol. The maximum atomic E-state index is 6.16. The molecule has 0 saturated carbocycles. The van der Waals surface area contributed by atoms with Crippen molar-refractivity contribution in [2.75, 3.05) is 6.61 Å². The molecule has 5 aromatic rings. The van der Waals surface area contributed by atoms with Crippen LogP contribution in [0.4, 0.5) is 0 Å². The fourth-order valence-corrected chi connectivity index (χ4v) is 4.43. The van der Waals surface area contributed by atoms with E-state index in [0.29, 0.717) is 6.61 Å². The van der Waals surface area contributed by atoms with Crippen molar-refractivity contribution < 1.29 is 9.15 Å². The van der Waals surface area contributed by atoms with Crippen LogP contribution in [0, 0.1) is 0 Å². The normalized spacial score (nSPS) is 11.4. The number of hydrogen-bond donors (Lipinski definition) is 0. The van der Waals surface area contributed by atoms with Gasteiger partial charge < -0.3 is 9.15 Å². The summed E-state index contributed by atoms with van der Waals surface area (Å²) in [5.41, 5.74) is 5.55. The molecule has 0 unspecified atom stereocenters. The van der Waals surface area contributed by atoms with Gasteiger partial charge in [0.1, 0.15) is 16.3 Å². The van der Waals surface area contributed by atoms with E-state index in [9.17, 15) is 0 Å². The van der Waals surface area contributed by atoms with Crippen LogP contribution in [0.2, 0.25) is 0 Å². The molecular formula is C24H20N2O2S. The van der Waals surface area contributed by atoms with E-state index in [4.69, 9.17) is 19.1 Å². The summed E-state index contributed by atoms with van der Waals surface area (Å²) in [5.74, 6) is 0.761. The molecule has 0 saturated heterocycles. The molecule has 0 aliphatic carbocycles. The van der Waals surface area contributed by atoms with Gasteiger partial charge in [0, 0.05) is 27.4 Å². The molecule has 0 spiro atoms. The quantitative estimate of drug-likeness (QED) is 0.328. The monoisotopic (exact) mass is 400 g/mol. The molecule has 0 aliphatic heterocycles. The van der Waals surface area contributed by atoms with Gasteiger partial charge in [-0.05, 0) is 43.7 Å². The zero-order valence-electron chi connectivity index (χ0n) is 16.3. The Morgan fingerprint density at radius 3 is 2.69 bits per heavy atom. The molecule has 0 bridgehead atoms. The molecule has 0 N–H and O–H groups in total. The van der Waals surface area contributed by atoms with Crippen LogP contribution in [0.15, 0.2) is 64.4 Å². The van der Waals surface area contributed by atoms with Crippen LogP contribution in [0.3, 0.4) is 0 Å². The Hall–Kier alpha value is -3.18. The minimum Gasteiger partial charge on any atom is -0.490 e. The highest BCUT2D eigenvalue weighted by atomic mass is 32.1. The zero-order valence-corrected chi connectivity index (χ0v) is 17.1. The Balaban J connectivity index is 1.69. The summed E-state index contributed by atoms with van der Waals surface area (Å²) in [6.07, 6.45) is 0.908. The van der Waals surface area contributed by atoms with Gasteiger partial charge in [0.2, 0.25) is 0 Å². The van der Waals surface area contributed by atoms with Gasteiger partial charge in [-0.1, -0.05) is 31.2 Å². The molecule has 2 aromatic carbocycles. The number of furan rings is 1. The maximum absolute atomic E-state index is 6.16. The minimum atomic E-state index is 0.590. The summed E-state index contributed by atoms with van der Waals surface area (Å²) in [6, 6.07) is 18.2. The van der Waals surface area contributed by atoms with Crippen molar-refractivity contribution in [3.63, 3.8) is 0 Å². The van der Waals surface area contributed by atoms with Gasteiger partial charge in [-0.25, -0.2) is 4.98 Å². The molecule has 0 amide bonds. The van der Waals surface area contributed by atoms with Crippen LogP contribution < -0.4 is 4.74 Å². The average molecular weight is 401 g/mol. The number of pyridine rings is 1. The summed E-state index contributed by atoms with van der Waals surface area (Å²) in [6.45, 7) is 4.68. The second-order valence-electron chi connectivity index (χ2n) is 6.75. The van der Waals surface area contributed by atoms with E-state index in [1.165, 1.54) is 0 Å². The Morgan fingerprint density at radius 2 is 1.83 bits per heavy atom. The Kier molecular flexibility index (Phi) is 4.52. The molecule has 0 aliphatic rings. The lowest BCUT2D eigenvalue weighted by molar-refractivity contribution is 0.339. The molecule has 5 rings (SSSR count). The van der Waals surface area contributed by atoms with E-state index in [2.05, 4.69) is 24.4 Å². The summed E-state index contributed by atoms with van der Waals surface area (Å²) in [5, 5.41) is 5.13. The SMILES string of the molecule is CCOc1ccc(-c2nc(-c3cccc(CC)n3)cs2)c2c1oc1ccccc12. The predicted octanol–water partition coefficient (Wildman–Crippen LogP) is 6.73. The van der Waals surface area contributed by atoms with Crippen molar-refractivity contribution >= 4 is 33.3 Å². The highest BCUT2D eigenvalue weighted by Crippen LogP contribution is 2.42. The number of aromatic nitrogens is 2. The molecule has 4 nitrogen and oxygen atoms in total. The van der Waals surface area contributed by atoms with Crippen molar-refractivity contribution in [1.29, 1.82) is 0 Å². The van der Waals surface area contributed by atoms with Gasteiger partial charge in [-0.15, -0.1) is 11.3 Å². The summed E-state index contributed by atoms with van der Waals surface area (Å²) in [7, 11) is 0. The fourth-order valence-electron chi connectivity index (χ4n) is 3.59. The van der Waals surface area contributed by atoms with Crippen molar-refractivity contribution in [2.24, 2.45) is 0 Å². The number of hydrogen-bond acceptors (Lipinski definition) is 5. The van der Waals surface area contributed by atoms with E-state index >= 15 is 0 Å². The second kappa shape index (κ2) is 7.33. The minimum absolute atomic E-state index is 0.590. The molecule has 0 radical (unpaired) electrons. The number of nitrogens with zero attached hydrogens (tertiary/aromatic N) is 2. The molecule has 144 valence electrons. The summed E-state index contributed by atoms with van der Waals surface area (Å²) < 4.78 is 12.0. The van der Waals surface area contributed by atoms with E-state index in [0.717, 1.165) is 61.8 Å². The van der Waals surface area contributed by atoms with Crippen molar-refractivity contribution in [2.45, 2.75) is 20.3 Å². The third-order valence-electron chi connectivity index (χ3n) is 4.96. The zero-order chi connectivity index (χ0) is 19.8. The molecule has 0 fully saturated rings. The molecule has 5 heteroatoms. The summed E-state index contributed by atoms with van der Waals surface area (Å²) >= 11 is 1.62. The number of fused-ring (bicyclic) bond motifs is 3. The third kappa shape index (κ3) is 3.08.